The van der Waals surface area contributed by atoms with E-state index in [1.807, 2.05) is 0 Å². The summed E-state index contributed by atoms with van der Waals surface area (Å²) in [6, 6.07) is -0.258. The molecule has 7 nitrogen and oxygen atoms in total. The molecule has 2 amide bonds. The minimum absolute atomic E-state index is 0.0890. The lowest BCUT2D eigenvalue weighted by Gasteiger charge is -2.27. The van der Waals surface area contributed by atoms with Crippen LogP contribution in [0.4, 0.5) is 33.7 Å². The zero-order valence-corrected chi connectivity index (χ0v) is 12.4. The number of amides is 2. The van der Waals surface area contributed by atoms with Crippen LogP contribution < -0.4 is 10.6 Å². The third kappa shape index (κ3) is 3.49. The summed E-state index contributed by atoms with van der Waals surface area (Å²) in [6.45, 7) is 1.30. The highest BCUT2D eigenvalue weighted by Gasteiger charge is 2.32. The summed E-state index contributed by atoms with van der Waals surface area (Å²) in [7, 11) is 0. The van der Waals surface area contributed by atoms with Crippen LogP contribution in [-0.4, -0.2) is 42.0 Å². The molecule has 0 bridgehead atoms. The van der Waals surface area contributed by atoms with E-state index in [4.69, 9.17) is 0 Å². The Morgan fingerprint density at radius 2 is 1.79 bits per heavy atom. The molecule has 1 aromatic carbocycles. The summed E-state index contributed by atoms with van der Waals surface area (Å²) in [6.07, 6.45) is 1.02. The van der Waals surface area contributed by atoms with Gasteiger partial charge in [0, 0.05) is 26.2 Å². The van der Waals surface area contributed by atoms with E-state index in [1.54, 1.807) is 0 Å². The molecule has 0 saturated carbocycles. The molecule has 2 N–H and O–H groups in total. The molecule has 1 heterocycles. The summed E-state index contributed by atoms with van der Waals surface area (Å²) < 4.78 is 54.3. The minimum atomic E-state index is -2.07. The normalized spacial score (nSPS) is 14.5. The van der Waals surface area contributed by atoms with Crippen molar-refractivity contribution in [2.75, 3.05) is 31.5 Å². The highest BCUT2D eigenvalue weighted by Crippen LogP contribution is 2.32. The fourth-order valence-corrected chi connectivity index (χ4v) is 2.31. The van der Waals surface area contributed by atoms with Crippen LogP contribution in [0, 0.1) is 33.4 Å². The lowest BCUT2D eigenvalue weighted by Crippen LogP contribution is -2.46. The molecule has 0 aliphatic carbocycles. The van der Waals surface area contributed by atoms with Crippen molar-refractivity contribution < 1.29 is 27.3 Å². The van der Waals surface area contributed by atoms with Crippen molar-refractivity contribution in [2.45, 2.75) is 12.8 Å². The first kappa shape index (κ1) is 17.8. The second-order valence-corrected chi connectivity index (χ2v) is 5.09. The Bertz CT molecular complexity index is 642. The Morgan fingerprint density at radius 3 is 2.33 bits per heavy atom. The van der Waals surface area contributed by atoms with Gasteiger partial charge in [0.2, 0.25) is 11.6 Å². The van der Waals surface area contributed by atoms with Gasteiger partial charge >= 0.3 is 11.7 Å². The number of rotatable bonds is 6. The molecule has 132 valence electrons. The number of urea groups is 1. The average molecular weight is 350 g/mol. The molecule has 1 aromatic rings. The van der Waals surface area contributed by atoms with Crippen LogP contribution in [0.2, 0.25) is 0 Å². The molecule has 2 rings (SSSR count). The summed E-state index contributed by atoms with van der Waals surface area (Å²) in [5.41, 5.74) is -2.99. The summed E-state index contributed by atoms with van der Waals surface area (Å²) >= 11 is 0. The average Bonchev–Trinajstić information content (AvgIpc) is 2.53. The molecule has 1 fully saturated rings. The van der Waals surface area contributed by atoms with Crippen molar-refractivity contribution in [1.29, 1.82) is 0 Å². The van der Waals surface area contributed by atoms with Crippen molar-refractivity contribution in [3.05, 3.63) is 33.4 Å². The topological polar surface area (TPSA) is 87.5 Å². The number of halogens is 4. The van der Waals surface area contributed by atoms with Crippen LogP contribution in [0.3, 0.4) is 0 Å². The lowest BCUT2D eigenvalue weighted by atomic mass is 10.2. The Balaban J connectivity index is 2.02. The highest BCUT2D eigenvalue weighted by molar-refractivity contribution is 5.74. The van der Waals surface area contributed by atoms with E-state index < -0.39 is 39.6 Å². The van der Waals surface area contributed by atoms with E-state index in [2.05, 4.69) is 10.6 Å². The van der Waals surface area contributed by atoms with Gasteiger partial charge < -0.3 is 15.5 Å². The number of anilines is 1. The molecule has 0 radical (unpaired) electrons. The van der Waals surface area contributed by atoms with Gasteiger partial charge in [-0.1, -0.05) is 0 Å². The van der Waals surface area contributed by atoms with E-state index in [1.165, 1.54) is 4.90 Å². The van der Waals surface area contributed by atoms with Gasteiger partial charge in [-0.15, -0.1) is 0 Å². The van der Waals surface area contributed by atoms with Gasteiger partial charge in [0.1, 0.15) is 5.69 Å². The third-order valence-electron chi connectivity index (χ3n) is 3.50. The van der Waals surface area contributed by atoms with E-state index in [0.717, 1.165) is 6.42 Å². The van der Waals surface area contributed by atoms with E-state index in [-0.39, 0.29) is 25.5 Å². The smallest absolute Gasteiger partial charge is 0.346 e. The van der Waals surface area contributed by atoms with Gasteiger partial charge in [0.05, 0.1) is 4.92 Å². The molecule has 1 aliphatic heterocycles. The fraction of sp³-hybridized carbons (Fsp3) is 0.462. The van der Waals surface area contributed by atoms with Gasteiger partial charge in [-0.2, -0.15) is 8.78 Å². The van der Waals surface area contributed by atoms with E-state index in [9.17, 15) is 32.5 Å². The van der Waals surface area contributed by atoms with Crippen LogP contribution in [0.15, 0.2) is 0 Å². The van der Waals surface area contributed by atoms with Gasteiger partial charge in [-0.3, -0.25) is 10.1 Å². The first-order chi connectivity index (χ1) is 11.3. The minimum Gasteiger partial charge on any atom is -0.380 e. The maximum absolute atomic E-state index is 13.7. The Kier molecular flexibility index (Phi) is 5.42. The molecular formula is C13H14F4N4O3. The second kappa shape index (κ2) is 7.32. The van der Waals surface area contributed by atoms with E-state index in [0.29, 0.717) is 13.1 Å². The van der Waals surface area contributed by atoms with Crippen molar-refractivity contribution in [3.63, 3.8) is 0 Å². The highest BCUT2D eigenvalue weighted by atomic mass is 19.2. The van der Waals surface area contributed by atoms with Gasteiger partial charge in [0.25, 0.3) is 0 Å². The molecule has 0 atom stereocenters. The standard InChI is InChI=1S/C13H14F4N4O3/c14-7-9(16)12(21(23)24)10(17)8(15)11(7)18-3-1-5-20-6-2-4-19-13(20)22/h18H,1-6H2,(H,19,22). The molecule has 0 spiro atoms. The summed E-state index contributed by atoms with van der Waals surface area (Å²) in [5.74, 6) is -7.87. The van der Waals surface area contributed by atoms with Gasteiger partial charge in [-0.25, -0.2) is 13.6 Å². The lowest BCUT2D eigenvalue weighted by molar-refractivity contribution is -0.390. The number of hydrogen-bond acceptors (Lipinski definition) is 4. The molecule has 1 aliphatic rings. The van der Waals surface area contributed by atoms with E-state index >= 15 is 0 Å². The van der Waals surface area contributed by atoms with Crippen molar-refractivity contribution in [3.8, 4) is 0 Å². The molecule has 1 saturated heterocycles. The van der Waals surface area contributed by atoms with Crippen LogP contribution in [0.25, 0.3) is 0 Å². The Labute approximate surface area is 133 Å². The van der Waals surface area contributed by atoms with Gasteiger partial charge in [0.15, 0.2) is 11.6 Å². The second-order valence-electron chi connectivity index (χ2n) is 5.09. The Morgan fingerprint density at radius 1 is 1.17 bits per heavy atom. The molecule has 0 unspecified atom stereocenters. The molecular weight excluding hydrogens is 336 g/mol. The quantitative estimate of drug-likeness (QED) is 0.271. The number of carbonyl (C=O) groups is 1. The first-order valence-electron chi connectivity index (χ1n) is 7.11. The first-order valence-corrected chi connectivity index (χ1v) is 7.11. The predicted octanol–water partition coefficient (Wildman–Crippen LogP) is 2.37. The summed E-state index contributed by atoms with van der Waals surface area (Å²) in [5, 5.41) is 15.2. The van der Waals surface area contributed by atoms with Crippen molar-refractivity contribution in [2.24, 2.45) is 0 Å². The van der Waals surface area contributed by atoms with Crippen LogP contribution in [-0.2, 0) is 0 Å². The number of nitro groups is 1. The number of benzene rings is 1. The third-order valence-corrected chi connectivity index (χ3v) is 3.50. The zero-order chi connectivity index (χ0) is 17.9. The monoisotopic (exact) mass is 350 g/mol. The molecule has 11 heteroatoms. The number of nitro benzene ring substituents is 1. The maximum Gasteiger partial charge on any atom is 0.346 e. The largest absolute Gasteiger partial charge is 0.380 e. The maximum atomic E-state index is 13.7. The van der Waals surface area contributed by atoms with Crippen molar-refractivity contribution >= 4 is 17.4 Å². The van der Waals surface area contributed by atoms with Crippen LogP contribution >= 0.6 is 0 Å². The van der Waals surface area contributed by atoms with Crippen molar-refractivity contribution in [1.82, 2.24) is 10.2 Å². The van der Waals surface area contributed by atoms with Crippen LogP contribution in [0.1, 0.15) is 12.8 Å². The summed E-state index contributed by atoms with van der Waals surface area (Å²) in [4.78, 5) is 21.9. The number of nitrogens with zero attached hydrogens (tertiary/aromatic N) is 2. The predicted molar refractivity (Wildman–Crippen MR) is 75.6 cm³/mol. The molecule has 0 aromatic heterocycles. The number of hydrogen-bond donors (Lipinski definition) is 2. The Hall–Kier alpha value is -2.59. The number of nitrogens with one attached hydrogen (secondary N) is 2. The van der Waals surface area contributed by atoms with Crippen LogP contribution in [0.5, 0.6) is 0 Å². The van der Waals surface area contributed by atoms with Gasteiger partial charge in [-0.05, 0) is 12.8 Å². The fourth-order valence-electron chi connectivity index (χ4n) is 2.31. The SMILES string of the molecule is O=C1NCCCN1CCCNc1c(F)c(F)c([N+](=O)[O-])c(F)c1F. The number of carbonyl (C=O) groups excluding carboxylic acids is 1. The zero-order valence-electron chi connectivity index (χ0n) is 12.4. The molecule has 24 heavy (non-hydrogen) atoms.